The molecule has 2 N–H and O–H groups in total. The van der Waals surface area contributed by atoms with Crippen molar-refractivity contribution in [3.05, 3.63) is 23.3 Å². The van der Waals surface area contributed by atoms with Gasteiger partial charge in [-0.1, -0.05) is 43.9 Å². The molecular formula is C38H60NO13PS. The number of ether oxygens (including phenoxy) is 2. The first kappa shape index (κ1) is 44.5. The summed E-state index contributed by atoms with van der Waals surface area (Å²) in [6, 6.07) is 0. The van der Waals surface area contributed by atoms with Crippen molar-refractivity contribution >= 4 is 41.2 Å². The molecule has 0 saturated heterocycles. The first-order valence-electron chi connectivity index (χ1n) is 19.2. The van der Waals surface area contributed by atoms with E-state index in [0.29, 0.717) is 44.9 Å². The predicted molar refractivity (Wildman–Crippen MR) is 200 cm³/mol. The molecule has 0 bridgehead atoms. The van der Waals surface area contributed by atoms with Gasteiger partial charge in [-0.2, -0.15) is 8.42 Å². The van der Waals surface area contributed by atoms with Crippen LogP contribution >= 0.6 is 7.60 Å². The van der Waals surface area contributed by atoms with Gasteiger partial charge in [0, 0.05) is 49.6 Å². The van der Waals surface area contributed by atoms with Crippen LogP contribution in [0.5, 0.6) is 0 Å². The van der Waals surface area contributed by atoms with Crippen LogP contribution in [-0.2, 0) is 52.4 Å². The fourth-order valence-corrected chi connectivity index (χ4v) is 11.6. The summed E-state index contributed by atoms with van der Waals surface area (Å²) in [7, 11) is -6.29. The van der Waals surface area contributed by atoms with Gasteiger partial charge in [0.25, 0.3) is 10.1 Å². The van der Waals surface area contributed by atoms with E-state index < -0.39 is 64.4 Å². The number of carbonyl (C=O) groups excluding carboxylic acids is 4. The topological polar surface area (TPSA) is 200 Å². The highest BCUT2D eigenvalue weighted by Gasteiger charge is 2.68. The van der Waals surface area contributed by atoms with Crippen molar-refractivity contribution in [3.8, 4) is 0 Å². The van der Waals surface area contributed by atoms with Gasteiger partial charge in [-0.25, -0.2) is 0 Å². The third kappa shape index (κ3) is 9.81. The Morgan fingerprint density at radius 1 is 1.06 bits per heavy atom. The Labute approximate surface area is 320 Å². The van der Waals surface area contributed by atoms with Gasteiger partial charge in [0.05, 0.1) is 25.1 Å². The van der Waals surface area contributed by atoms with Crippen LogP contribution in [-0.4, -0.2) is 104 Å². The van der Waals surface area contributed by atoms with Crippen molar-refractivity contribution in [3.63, 3.8) is 0 Å². The van der Waals surface area contributed by atoms with Crippen LogP contribution in [0.1, 0.15) is 105 Å². The van der Waals surface area contributed by atoms with Gasteiger partial charge in [-0.3, -0.25) is 28.3 Å². The number of hydrogen-bond acceptors (Lipinski definition) is 12. The molecule has 2 saturated carbocycles. The van der Waals surface area contributed by atoms with Gasteiger partial charge < -0.3 is 28.5 Å². The molecule has 14 nitrogen and oxygen atoms in total. The number of nitrogens with zero attached hydrogens (tertiary/aromatic N) is 1. The van der Waals surface area contributed by atoms with Crippen LogP contribution in [0.15, 0.2) is 23.3 Å². The summed E-state index contributed by atoms with van der Waals surface area (Å²) >= 11 is 0. The first-order chi connectivity index (χ1) is 25.2. The van der Waals surface area contributed by atoms with E-state index >= 15 is 0 Å². The van der Waals surface area contributed by atoms with Crippen molar-refractivity contribution in [2.24, 2.45) is 28.6 Å². The van der Waals surface area contributed by atoms with Crippen molar-refractivity contribution in [1.29, 1.82) is 0 Å². The summed E-state index contributed by atoms with van der Waals surface area (Å²) in [6.07, 6.45) is 7.37. The van der Waals surface area contributed by atoms with E-state index in [0.717, 1.165) is 11.1 Å². The minimum atomic E-state index is -4.15. The molecule has 1 amide bonds. The SMILES string of the molecule is CCOP(=O)(CO[C@H]1C[C@@]2(C)[C@@H](CC[C@]2(O)C(=O)COC(=O)CCCCCCC(=O)N(C)CCS(=O)(=O)O)[C@@H]2CC(C)=C3CC(=O)C=C[C@]3(C)[C@H]21)OCC. The maximum Gasteiger partial charge on any atom is 0.356 e. The average molecular weight is 802 g/mol. The van der Waals surface area contributed by atoms with E-state index in [-0.39, 0.29) is 81.2 Å². The quantitative estimate of drug-likeness (QED) is 0.0520. The second-order valence-corrected chi connectivity index (χ2v) is 19.5. The predicted octanol–water partition coefficient (Wildman–Crippen LogP) is 5.43. The number of fused-ring (bicyclic) bond motifs is 5. The molecule has 0 aromatic heterocycles. The number of rotatable bonds is 20. The Morgan fingerprint density at radius 3 is 2.33 bits per heavy atom. The van der Waals surface area contributed by atoms with Crippen LogP contribution in [0.25, 0.3) is 0 Å². The first-order valence-corrected chi connectivity index (χ1v) is 22.6. The lowest BCUT2D eigenvalue weighted by Gasteiger charge is -2.60. The molecule has 4 aliphatic carbocycles. The van der Waals surface area contributed by atoms with Gasteiger partial charge in [0.1, 0.15) is 11.9 Å². The zero-order valence-corrected chi connectivity index (χ0v) is 34.4. The van der Waals surface area contributed by atoms with Gasteiger partial charge in [-0.05, 0) is 77.2 Å². The van der Waals surface area contributed by atoms with Crippen LogP contribution in [0.2, 0.25) is 0 Å². The summed E-state index contributed by atoms with van der Waals surface area (Å²) in [5.74, 6) is -2.08. The molecule has 0 radical (unpaired) electrons. The third-order valence-electron chi connectivity index (χ3n) is 12.5. The fraction of sp³-hybridized carbons (Fsp3) is 0.789. The number of allylic oxidation sites excluding steroid dienone is 4. The van der Waals surface area contributed by atoms with Gasteiger partial charge in [0.2, 0.25) is 11.7 Å². The van der Waals surface area contributed by atoms with Crippen LogP contribution in [0, 0.1) is 28.6 Å². The number of aliphatic hydroxyl groups is 1. The summed E-state index contributed by atoms with van der Waals surface area (Å²) < 4.78 is 67.3. The smallest absolute Gasteiger partial charge is 0.356 e. The Balaban J connectivity index is 1.40. The van der Waals surface area contributed by atoms with Crippen molar-refractivity contribution in [1.82, 2.24) is 4.90 Å². The molecule has 4 rings (SSSR count). The van der Waals surface area contributed by atoms with E-state index in [9.17, 15) is 37.3 Å². The average Bonchev–Trinajstić information content (AvgIpc) is 3.37. The van der Waals surface area contributed by atoms with Gasteiger partial charge in [-0.15, -0.1) is 0 Å². The third-order valence-corrected chi connectivity index (χ3v) is 15.0. The number of esters is 1. The van der Waals surface area contributed by atoms with E-state index in [1.54, 1.807) is 19.9 Å². The number of hydrogen-bond donors (Lipinski definition) is 2. The summed E-state index contributed by atoms with van der Waals surface area (Å²) in [4.78, 5) is 52.6. The number of amides is 1. The molecule has 16 heteroatoms. The number of unbranched alkanes of at least 4 members (excludes halogenated alkanes) is 3. The Hall–Kier alpha value is -2.26. The highest BCUT2D eigenvalue weighted by atomic mass is 32.2. The van der Waals surface area contributed by atoms with Crippen molar-refractivity contribution in [2.45, 2.75) is 117 Å². The van der Waals surface area contributed by atoms with Crippen LogP contribution in [0.3, 0.4) is 0 Å². The molecule has 0 spiro atoms. The summed E-state index contributed by atoms with van der Waals surface area (Å²) in [6.45, 7) is 9.20. The lowest BCUT2D eigenvalue weighted by atomic mass is 9.46. The van der Waals surface area contributed by atoms with Crippen LogP contribution < -0.4 is 0 Å². The second kappa shape index (κ2) is 17.9. The number of Topliss-reactive ketones (excluding diaryl/α,β-unsaturated/α-hetero) is 1. The molecular weight excluding hydrogens is 741 g/mol. The maximum absolute atomic E-state index is 13.9. The minimum absolute atomic E-state index is 0.0179. The molecule has 0 aliphatic heterocycles. The monoisotopic (exact) mass is 801 g/mol. The van der Waals surface area contributed by atoms with Crippen LogP contribution in [0.4, 0.5) is 0 Å². The molecule has 7 atom stereocenters. The minimum Gasteiger partial charge on any atom is -0.458 e. The van der Waals surface area contributed by atoms with E-state index in [4.69, 9.17) is 23.1 Å². The molecule has 0 unspecified atom stereocenters. The Morgan fingerprint density at radius 2 is 1.70 bits per heavy atom. The largest absolute Gasteiger partial charge is 0.458 e. The summed E-state index contributed by atoms with van der Waals surface area (Å²) in [5.41, 5.74) is -1.08. The maximum atomic E-state index is 13.9. The van der Waals surface area contributed by atoms with Crippen molar-refractivity contribution in [2.75, 3.05) is 45.5 Å². The van der Waals surface area contributed by atoms with E-state index in [1.807, 2.05) is 13.0 Å². The Kier molecular flexibility index (Phi) is 14.7. The van der Waals surface area contributed by atoms with E-state index in [1.165, 1.54) is 11.9 Å². The molecule has 2 fully saturated rings. The molecule has 0 aromatic carbocycles. The zero-order valence-electron chi connectivity index (χ0n) is 32.7. The number of ketones is 2. The van der Waals surface area contributed by atoms with Gasteiger partial charge >= 0.3 is 13.6 Å². The summed E-state index contributed by atoms with van der Waals surface area (Å²) in [5, 5.41) is 12.3. The van der Waals surface area contributed by atoms with Gasteiger partial charge in [0.15, 0.2) is 12.4 Å². The lowest BCUT2D eigenvalue weighted by Crippen LogP contribution is -2.62. The highest BCUT2D eigenvalue weighted by Crippen LogP contribution is 2.68. The van der Waals surface area contributed by atoms with Crippen molar-refractivity contribution < 1.29 is 60.3 Å². The molecule has 0 heterocycles. The fourth-order valence-electron chi connectivity index (χ4n) is 9.76. The molecule has 4 aliphatic rings. The Bertz CT molecular complexity index is 1630. The standard InChI is InChI=1S/C38H60NO13PS/c1-7-51-53(45,52-8-2)25-50-31-23-37(5)29(28-21-26(3)30-22-27(40)15-17-36(30,4)35(28)31)16-18-38(37,44)32(41)24-49-34(43)14-12-10-9-11-13-33(42)39(6)19-20-54(46,47)48/h15,17,28-29,31,35,44H,7-14,16,18-25H2,1-6H3,(H,46,47,48)/t28-,29-,31-,35+,36-,37-,38-/m0/s1. The normalized spacial score (nSPS) is 30.8. The molecule has 54 heavy (non-hydrogen) atoms. The number of carbonyl (C=O) groups is 4. The zero-order chi connectivity index (χ0) is 40.1. The highest BCUT2D eigenvalue weighted by molar-refractivity contribution is 7.85. The molecule has 0 aromatic rings. The van der Waals surface area contributed by atoms with E-state index in [2.05, 4.69) is 13.8 Å². The second-order valence-electron chi connectivity index (χ2n) is 15.9. The lowest BCUT2D eigenvalue weighted by molar-refractivity contribution is -0.184. The molecule has 306 valence electrons.